The molecule has 0 fully saturated rings. The van der Waals surface area contributed by atoms with Crippen LogP contribution in [-0.4, -0.2) is 30.9 Å². The molecule has 0 aliphatic carbocycles. The van der Waals surface area contributed by atoms with E-state index in [4.69, 9.17) is 10.5 Å². The molecule has 0 atom stereocenters. The first-order chi connectivity index (χ1) is 9.88. The van der Waals surface area contributed by atoms with Gasteiger partial charge in [-0.2, -0.15) is 0 Å². The van der Waals surface area contributed by atoms with E-state index in [0.717, 1.165) is 5.75 Å². The number of benzene rings is 1. The van der Waals surface area contributed by atoms with Gasteiger partial charge in [-0.3, -0.25) is 9.59 Å². The molecule has 0 aliphatic rings. The minimum Gasteiger partial charge on any atom is -0.497 e. The molecule has 0 unspecified atom stereocenters. The molecule has 0 bridgehead atoms. The topological polar surface area (TPSA) is 81.4 Å². The third-order valence-corrected chi connectivity index (χ3v) is 3.21. The zero-order chi connectivity index (χ0) is 15.9. The van der Waals surface area contributed by atoms with Crippen LogP contribution in [0.1, 0.15) is 43.5 Å². The zero-order valence-electron chi connectivity index (χ0n) is 13.3. The first-order valence-electron chi connectivity index (χ1n) is 7.06. The van der Waals surface area contributed by atoms with Gasteiger partial charge >= 0.3 is 0 Å². The van der Waals surface area contributed by atoms with E-state index >= 15 is 0 Å². The molecule has 1 amide bonds. The lowest BCUT2D eigenvalue weighted by atomic mass is 10.0. The van der Waals surface area contributed by atoms with Crippen molar-refractivity contribution in [1.29, 1.82) is 0 Å². The van der Waals surface area contributed by atoms with Crippen LogP contribution in [0.4, 0.5) is 0 Å². The van der Waals surface area contributed by atoms with E-state index in [-0.39, 0.29) is 24.1 Å². The van der Waals surface area contributed by atoms with Crippen LogP contribution in [0.5, 0.6) is 5.75 Å². The summed E-state index contributed by atoms with van der Waals surface area (Å²) in [7, 11) is 1.58. The van der Waals surface area contributed by atoms with Gasteiger partial charge in [0.05, 0.1) is 7.11 Å². The number of hydrogen-bond acceptors (Lipinski definition) is 4. The molecular formula is C16H25ClN2O3. The van der Waals surface area contributed by atoms with Gasteiger partial charge in [0.25, 0.3) is 0 Å². The average Bonchev–Trinajstić information content (AvgIpc) is 2.46. The maximum atomic E-state index is 12.0. The van der Waals surface area contributed by atoms with Crippen molar-refractivity contribution in [3.63, 3.8) is 0 Å². The van der Waals surface area contributed by atoms with Crippen molar-refractivity contribution in [2.75, 3.05) is 13.7 Å². The van der Waals surface area contributed by atoms with E-state index in [2.05, 4.69) is 5.32 Å². The Morgan fingerprint density at radius 3 is 2.27 bits per heavy atom. The fraction of sp³-hybridized carbons (Fsp3) is 0.500. The van der Waals surface area contributed by atoms with E-state index in [0.29, 0.717) is 31.4 Å². The summed E-state index contributed by atoms with van der Waals surface area (Å²) in [4.78, 5) is 23.7. The molecule has 0 aliphatic heterocycles. The minimum atomic E-state index is -0.406. The maximum Gasteiger partial charge on any atom is 0.220 e. The number of ketones is 1. The second-order valence-corrected chi connectivity index (χ2v) is 5.64. The highest BCUT2D eigenvalue weighted by molar-refractivity contribution is 5.96. The first-order valence-corrected chi connectivity index (χ1v) is 7.06. The molecule has 124 valence electrons. The standard InChI is InChI=1S/C16H24N2O3.ClH/c1-16(2,11-17)18-15(20)6-4-5-14(19)12-7-9-13(21-3)10-8-12;/h7-10H,4-6,11,17H2,1-3H3,(H,18,20);1H. The largest absolute Gasteiger partial charge is 0.497 e. The molecule has 1 aromatic rings. The molecule has 0 radical (unpaired) electrons. The number of hydrogen-bond donors (Lipinski definition) is 2. The van der Waals surface area contributed by atoms with Crippen LogP contribution in [-0.2, 0) is 4.79 Å². The number of nitrogens with two attached hydrogens (primary N) is 1. The SMILES string of the molecule is COc1ccc(C(=O)CCCC(=O)NC(C)(C)CN)cc1.Cl. The Morgan fingerprint density at radius 1 is 1.18 bits per heavy atom. The van der Waals surface area contributed by atoms with Crippen LogP contribution in [0.2, 0.25) is 0 Å². The van der Waals surface area contributed by atoms with Gasteiger partial charge in [-0.25, -0.2) is 0 Å². The van der Waals surface area contributed by atoms with Crippen molar-refractivity contribution < 1.29 is 14.3 Å². The summed E-state index contributed by atoms with van der Waals surface area (Å²) in [6.07, 6.45) is 1.20. The summed E-state index contributed by atoms with van der Waals surface area (Å²) in [5.41, 5.74) is 5.78. The van der Waals surface area contributed by atoms with Gasteiger partial charge in [0.2, 0.25) is 5.91 Å². The number of Topliss-reactive ketones (excluding diaryl/α,β-unsaturated/α-hetero) is 1. The van der Waals surface area contributed by atoms with Crippen molar-refractivity contribution in [3.8, 4) is 5.75 Å². The zero-order valence-corrected chi connectivity index (χ0v) is 14.2. The summed E-state index contributed by atoms with van der Waals surface area (Å²) >= 11 is 0. The van der Waals surface area contributed by atoms with E-state index in [9.17, 15) is 9.59 Å². The van der Waals surface area contributed by atoms with Crippen molar-refractivity contribution in [3.05, 3.63) is 29.8 Å². The van der Waals surface area contributed by atoms with E-state index in [1.165, 1.54) is 0 Å². The molecule has 0 heterocycles. The van der Waals surface area contributed by atoms with E-state index in [1.807, 2.05) is 13.8 Å². The highest BCUT2D eigenvalue weighted by Gasteiger charge is 2.18. The lowest BCUT2D eigenvalue weighted by Crippen LogP contribution is -2.48. The normalized spacial score (nSPS) is 10.5. The second kappa shape index (κ2) is 9.43. The van der Waals surface area contributed by atoms with E-state index in [1.54, 1.807) is 31.4 Å². The number of carbonyl (C=O) groups is 2. The van der Waals surface area contributed by atoms with Crippen molar-refractivity contribution in [2.45, 2.75) is 38.6 Å². The third kappa shape index (κ3) is 6.91. The summed E-state index contributed by atoms with van der Waals surface area (Å²) in [5, 5.41) is 2.84. The Labute approximate surface area is 138 Å². The van der Waals surface area contributed by atoms with Crippen LogP contribution in [0.25, 0.3) is 0 Å². The highest BCUT2D eigenvalue weighted by atomic mass is 35.5. The molecule has 0 saturated carbocycles. The second-order valence-electron chi connectivity index (χ2n) is 5.64. The molecule has 0 aromatic heterocycles. The lowest BCUT2D eigenvalue weighted by Gasteiger charge is -2.24. The average molecular weight is 329 g/mol. The van der Waals surface area contributed by atoms with Crippen LogP contribution in [0, 0.1) is 0 Å². The predicted octanol–water partition coefficient (Wildman–Crippen LogP) is 2.32. The molecule has 5 nitrogen and oxygen atoms in total. The fourth-order valence-electron chi connectivity index (χ4n) is 1.82. The highest BCUT2D eigenvalue weighted by Crippen LogP contribution is 2.14. The summed E-state index contributed by atoms with van der Waals surface area (Å²) in [6, 6.07) is 6.98. The van der Waals surface area contributed by atoms with Gasteiger partial charge in [-0.15, -0.1) is 12.4 Å². The van der Waals surface area contributed by atoms with Gasteiger partial charge in [-0.05, 0) is 44.5 Å². The smallest absolute Gasteiger partial charge is 0.220 e. The number of ether oxygens (including phenoxy) is 1. The Morgan fingerprint density at radius 2 is 1.77 bits per heavy atom. The molecule has 0 spiro atoms. The van der Waals surface area contributed by atoms with Gasteiger partial charge < -0.3 is 15.8 Å². The first kappa shape index (κ1) is 20.4. The van der Waals surface area contributed by atoms with Crippen LogP contribution in [0.3, 0.4) is 0 Å². The Balaban J connectivity index is 0.00000441. The van der Waals surface area contributed by atoms with Gasteiger partial charge in [0.15, 0.2) is 5.78 Å². The fourth-order valence-corrected chi connectivity index (χ4v) is 1.82. The maximum absolute atomic E-state index is 12.0. The molecular weight excluding hydrogens is 304 g/mol. The number of nitrogens with one attached hydrogen (secondary N) is 1. The van der Waals surface area contributed by atoms with Crippen LogP contribution >= 0.6 is 12.4 Å². The van der Waals surface area contributed by atoms with Gasteiger partial charge in [0.1, 0.15) is 5.75 Å². The Kier molecular flexibility index (Phi) is 8.75. The minimum absolute atomic E-state index is 0. The van der Waals surface area contributed by atoms with Gasteiger partial charge in [-0.1, -0.05) is 0 Å². The molecule has 1 rings (SSSR count). The number of halogens is 1. The number of rotatable bonds is 8. The summed E-state index contributed by atoms with van der Waals surface area (Å²) in [5.74, 6) is 0.673. The summed E-state index contributed by atoms with van der Waals surface area (Å²) < 4.78 is 5.04. The predicted molar refractivity (Wildman–Crippen MR) is 89.7 cm³/mol. The van der Waals surface area contributed by atoms with Crippen LogP contribution in [0.15, 0.2) is 24.3 Å². The van der Waals surface area contributed by atoms with Crippen molar-refractivity contribution in [1.82, 2.24) is 5.32 Å². The Bertz CT molecular complexity index is 487. The molecule has 1 aromatic carbocycles. The molecule has 6 heteroatoms. The molecule has 3 N–H and O–H groups in total. The monoisotopic (exact) mass is 328 g/mol. The Hall–Kier alpha value is -1.59. The van der Waals surface area contributed by atoms with Crippen LogP contribution < -0.4 is 15.8 Å². The number of carbonyl (C=O) groups excluding carboxylic acids is 2. The molecule has 0 saturated heterocycles. The van der Waals surface area contributed by atoms with Crippen molar-refractivity contribution >= 4 is 24.1 Å². The third-order valence-electron chi connectivity index (χ3n) is 3.21. The quantitative estimate of drug-likeness (QED) is 0.718. The van der Waals surface area contributed by atoms with Gasteiger partial charge in [0, 0.05) is 30.5 Å². The van der Waals surface area contributed by atoms with Crippen molar-refractivity contribution in [2.24, 2.45) is 5.73 Å². The van der Waals surface area contributed by atoms with E-state index < -0.39 is 5.54 Å². The molecule has 22 heavy (non-hydrogen) atoms. The summed E-state index contributed by atoms with van der Waals surface area (Å²) in [6.45, 7) is 4.12. The number of amides is 1. The lowest BCUT2D eigenvalue weighted by molar-refractivity contribution is -0.122. The number of methoxy groups -OCH3 is 1.